The van der Waals surface area contributed by atoms with Crippen molar-refractivity contribution in [2.75, 3.05) is 37.7 Å². The van der Waals surface area contributed by atoms with Crippen molar-refractivity contribution in [2.24, 2.45) is 11.8 Å². The van der Waals surface area contributed by atoms with Gasteiger partial charge < -0.3 is 25.4 Å². The Morgan fingerprint density at radius 2 is 1.90 bits per heavy atom. The van der Waals surface area contributed by atoms with E-state index in [1.807, 2.05) is 18.2 Å². The van der Waals surface area contributed by atoms with Gasteiger partial charge in [0.2, 0.25) is 0 Å². The number of hydrogen-bond acceptors (Lipinski definition) is 7. The first-order valence-corrected chi connectivity index (χ1v) is 15.3. The van der Waals surface area contributed by atoms with Crippen molar-refractivity contribution in [1.29, 1.82) is 0 Å². The number of benzene rings is 2. The fourth-order valence-electron chi connectivity index (χ4n) is 7.93. The number of anilines is 1. The number of piperazine rings is 1. The van der Waals surface area contributed by atoms with Gasteiger partial charge in [-0.15, -0.1) is 0 Å². The number of ether oxygens (including phenoxy) is 1. The Hall–Kier alpha value is -3.04. The third-order valence-electron chi connectivity index (χ3n) is 9.97. The first kappa shape index (κ1) is 25.7. The lowest BCUT2D eigenvalue weighted by molar-refractivity contribution is 0.166. The number of nitrogens with one attached hydrogen (secondary N) is 2. The van der Waals surface area contributed by atoms with Gasteiger partial charge in [-0.2, -0.15) is 9.97 Å². The van der Waals surface area contributed by atoms with Gasteiger partial charge in [-0.05, 0) is 104 Å². The maximum absolute atomic E-state index is 16.6. The molecule has 8 rings (SSSR count). The number of nitrogens with zero attached hydrogens (tertiary/aromatic N) is 3. The summed E-state index contributed by atoms with van der Waals surface area (Å²) in [7, 11) is 0. The molecule has 9 heteroatoms. The van der Waals surface area contributed by atoms with Crippen molar-refractivity contribution >= 4 is 16.7 Å². The number of hydrogen-bond donors (Lipinski definition) is 3. The van der Waals surface area contributed by atoms with Crippen LogP contribution in [0.4, 0.5) is 14.6 Å². The van der Waals surface area contributed by atoms with E-state index in [4.69, 9.17) is 9.72 Å². The van der Waals surface area contributed by atoms with Crippen LogP contribution in [0.2, 0.25) is 0 Å². The molecule has 1 aromatic heterocycles. The highest BCUT2D eigenvalue weighted by Gasteiger charge is 2.47. The number of aromatic hydroxyl groups is 1. The van der Waals surface area contributed by atoms with Gasteiger partial charge in [0, 0.05) is 42.7 Å². The summed E-state index contributed by atoms with van der Waals surface area (Å²) in [5.74, 6) is 1.57. The van der Waals surface area contributed by atoms with Crippen LogP contribution in [-0.4, -0.2) is 66.1 Å². The van der Waals surface area contributed by atoms with E-state index in [1.54, 1.807) is 6.07 Å². The van der Waals surface area contributed by atoms with Gasteiger partial charge in [-0.3, -0.25) is 0 Å². The molecule has 3 saturated heterocycles. The molecule has 3 aliphatic heterocycles. The molecule has 216 valence electrons. The molecule has 2 bridgehead atoms. The summed E-state index contributed by atoms with van der Waals surface area (Å²) in [5.41, 5.74) is 3.77. The largest absolute Gasteiger partial charge is 0.508 e. The van der Waals surface area contributed by atoms with Gasteiger partial charge in [-0.25, -0.2) is 8.78 Å². The molecule has 5 unspecified atom stereocenters. The van der Waals surface area contributed by atoms with Gasteiger partial charge in [0.05, 0.1) is 6.61 Å². The zero-order valence-electron chi connectivity index (χ0n) is 23.2. The number of alkyl halides is 1. The molecule has 3 N–H and O–H groups in total. The molecule has 3 aromatic rings. The van der Waals surface area contributed by atoms with Crippen LogP contribution < -0.4 is 20.3 Å². The average molecular weight is 562 g/mol. The quantitative estimate of drug-likeness (QED) is 0.411. The summed E-state index contributed by atoms with van der Waals surface area (Å²) < 4.78 is 37.2. The third kappa shape index (κ3) is 4.71. The van der Waals surface area contributed by atoms with Gasteiger partial charge in [-0.1, -0.05) is 6.07 Å². The van der Waals surface area contributed by atoms with Crippen LogP contribution in [-0.2, 0) is 6.42 Å². The second kappa shape index (κ2) is 10.1. The molecule has 1 saturated carbocycles. The van der Waals surface area contributed by atoms with E-state index in [0.717, 1.165) is 69.3 Å². The standard InChI is InChI=1S/C32H37F2N5O2/c33-20-8-17(2-1-7-35-13-20)16-41-32-37-30-25(31(38-32)39-14-21-3-4-22(15-39)36-21)6-5-24(29(30)34)27-12-23(40)10-19-9-18-11-26(18)28(19)27/h5-6,10,12,17-18,20-22,26,35-36,40H,1-4,7-9,11,13-16H2/t17-,18?,20?,21?,22?,26?/m1/s1. The highest BCUT2D eigenvalue weighted by Crippen LogP contribution is 2.59. The van der Waals surface area contributed by atoms with Gasteiger partial charge in [0.25, 0.3) is 0 Å². The van der Waals surface area contributed by atoms with E-state index in [0.29, 0.717) is 60.3 Å². The number of rotatable bonds is 5. The number of phenols is 1. The van der Waals surface area contributed by atoms with E-state index in [2.05, 4.69) is 20.5 Å². The van der Waals surface area contributed by atoms with Crippen molar-refractivity contribution in [2.45, 2.75) is 69.1 Å². The van der Waals surface area contributed by atoms with E-state index in [-0.39, 0.29) is 23.2 Å². The monoisotopic (exact) mass is 561 g/mol. The molecule has 2 aromatic carbocycles. The molecule has 2 aliphatic carbocycles. The fourth-order valence-corrected chi connectivity index (χ4v) is 7.93. The van der Waals surface area contributed by atoms with Crippen LogP contribution in [0.25, 0.3) is 22.0 Å². The topological polar surface area (TPSA) is 82.5 Å². The van der Waals surface area contributed by atoms with E-state index in [1.165, 1.54) is 5.56 Å². The summed E-state index contributed by atoms with van der Waals surface area (Å²) >= 11 is 0. The molecular weight excluding hydrogens is 524 g/mol. The highest BCUT2D eigenvalue weighted by molar-refractivity contribution is 5.94. The maximum atomic E-state index is 16.6. The minimum absolute atomic E-state index is 0.0578. The lowest BCUT2D eigenvalue weighted by atomic mass is 9.93. The number of fused-ring (bicyclic) bond motifs is 6. The molecular formula is C32H37F2N5O2. The normalized spacial score (nSPS) is 30.5. The van der Waals surface area contributed by atoms with Crippen LogP contribution in [0.5, 0.6) is 11.8 Å². The van der Waals surface area contributed by atoms with Crippen LogP contribution >= 0.6 is 0 Å². The molecule has 41 heavy (non-hydrogen) atoms. The molecule has 5 aliphatic rings. The van der Waals surface area contributed by atoms with Gasteiger partial charge >= 0.3 is 6.01 Å². The second-order valence-corrected chi connectivity index (χ2v) is 12.9. The van der Waals surface area contributed by atoms with Crippen molar-refractivity contribution in [3.63, 3.8) is 0 Å². The molecule has 0 amide bonds. The molecule has 4 heterocycles. The Kier molecular flexibility index (Phi) is 6.29. The predicted octanol–water partition coefficient (Wildman–Crippen LogP) is 4.85. The first-order chi connectivity index (χ1) is 20.0. The van der Waals surface area contributed by atoms with Crippen LogP contribution in [0.1, 0.15) is 55.6 Å². The zero-order valence-corrected chi connectivity index (χ0v) is 23.2. The molecule has 7 nitrogen and oxygen atoms in total. The van der Waals surface area contributed by atoms with E-state index < -0.39 is 12.0 Å². The Morgan fingerprint density at radius 1 is 1.05 bits per heavy atom. The maximum Gasteiger partial charge on any atom is 0.319 e. The Morgan fingerprint density at radius 3 is 2.76 bits per heavy atom. The predicted molar refractivity (Wildman–Crippen MR) is 154 cm³/mol. The summed E-state index contributed by atoms with van der Waals surface area (Å²) in [6, 6.07) is 8.22. The smallest absolute Gasteiger partial charge is 0.319 e. The van der Waals surface area contributed by atoms with Crippen molar-refractivity contribution in [3.8, 4) is 22.9 Å². The Balaban J connectivity index is 1.19. The summed E-state index contributed by atoms with van der Waals surface area (Å²) in [6.07, 6.45) is 5.66. The zero-order chi connectivity index (χ0) is 27.7. The lowest BCUT2D eigenvalue weighted by Gasteiger charge is -2.34. The van der Waals surface area contributed by atoms with Crippen LogP contribution in [0, 0.1) is 17.7 Å². The van der Waals surface area contributed by atoms with E-state index >= 15 is 4.39 Å². The number of halogens is 2. The summed E-state index contributed by atoms with van der Waals surface area (Å²) in [6.45, 7) is 3.07. The Labute approximate surface area is 238 Å². The minimum Gasteiger partial charge on any atom is -0.508 e. The van der Waals surface area contributed by atoms with Crippen LogP contribution in [0.15, 0.2) is 24.3 Å². The minimum atomic E-state index is -0.914. The van der Waals surface area contributed by atoms with Gasteiger partial charge in [0.1, 0.15) is 23.3 Å². The van der Waals surface area contributed by atoms with Crippen molar-refractivity contribution < 1.29 is 18.6 Å². The summed E-state index contributed by atoms with van der Waals surface area (Å²) in [5, 5.41) is 18.0. The summed E-state index contributed by atoms with van der Waals surface area (Å²) in [4.78, 5) is 11.7. The average Bonchev–Trinajstić information content (AvgIpc) is 3.49. The molecule has 4 fully saturated rings. The third-order valence-corrected chi connectivity index (χ3v) is 9.97. The number of phenolic OH excluding ortho intramolecular Hbond substituents is 1. The van der Waals surface area contributed by atoms with Gasteiger partial charge in [0.15, 0.2) is 5.82 Å². The molecule has 0 spiro atoms. The van der Waals surface area contributed by atoms with Crippen LogP contribution in [0.3, 0.4) is 0 Å². The molecule has 0 radical (unpaired) electrons. The lowest BCUT2D eigenvalue weighted by Crippen LogP contribution is -2.51. The van der Waals surface area contributed by atoms with Crippen molar-refractivity contribution in [1.82, 2.24) is 20.6 Å². The molecule has 6 atom stereocenters. The number of aromatic nitrogens is 2. The highest BCUT2D eigenvalue weighted by atomic mass is 19.1. The Bertz CT molecular complexity index is 1490. The first-order valence-electron chi connectivity index (χ1n) is 15.3. The van der Waals surface area contributed by atoms with E-state index in [9.17, 15) is 9.50 Å². The second-order valence-electron chi connectivity index (χ2n) is 12.9. The van der Waals surface area contributed by atoms with Crippen molar-refractivity contribution in [3.05, 3.63) is 41.2 Å². The SMILES string of the molecule is Oc1cc2c(c(-c3ccc4c(N5CC6CCC(C5)N6)nc(OC[C@@H]5CCCNCC(F)C5)nc4c3F)c1)C1CC1C2. The fraction of sp³-hybridized carbons (Fsp3) is 0.562.